The highest BCUT2D eigenvalue weighted by atomic mass is 16.5. The Labute approximate surface area is 250 Å². The SMILES string of the molecule is CCOC(=O)CC1c2cccc(C)c2C(=O)N1CC(C)C.CCOC(=O)CC1c2cccc(C)c2C(=O)N1CC(C)C. The van der Waals surface area contributed by atoms with Crippen molar-refractivity contribution >= 4 is 23.8 Å². The molecule has 0 saturated heterocycles. The zero-order valence-electron chi connectivity index (χ0n) is 26.4. The lowest BCUT2D eigenvalue weighted by Crippen LogP contribution is -2.33. The molecule has 42 heavy (non-hydrogen) atoms. The van der Waals surface area contributed by atoms with Crippen molar-refractivity contribution < 1.29 is 28.7 Å². The molecule has 0 N–H and O–H groups in total. The number of benzene rings is 2. The molecular formula is C34H46N2O6. The van der Waals surface area contributed by atoms with Crippen molar-refractivity contribution in [2.24, 2.45) is 11.8 Å². The van der Waals surface area contributed by atoms with Gasteiger partial charge in [-0.3, -0.25) is 19.2 Å². The summed E-state index contributed by atoms with van der Waals surface area (Å²) in [7, 11) is 0. The molecule has 2 heterocycles. The van der Waals surface area contributed by atoms with E-state index < -0.39 is 0 Å². The fourth-order valence-electron chi connectivity index (χ4n) is 5.83. The van der Waals surface area contributed by atoms with Gasteiger partial charge in [0, 0.05) is 24.2 Å². The maximum absolute atomic E-state index is 12.7. The number of rotatable bonds is 10. The van der Waals surface area contributed by atoms with Crippen LogP contribution in [0.2, 0.25) is 0 Å². The summed E-state index contributed by atoms with van der Waals surface area (Å²) in [6, 6.07) is 11.3. The van der Waals surface area contributed by atoms with Crippen molar-refractivity contribution in [2.45, 2.75) is 80.3 Å². The molecular weight excluding hydrogens is 532 g/mol. The van der Waals surface area contributed by atoms with E-state index in [-0.39, 0.29) is 48.7 Å². The summed E-state index contributed by atoms with van der Waals surface area (Å²) < 4.78 is 10.1. The summed E-state index contributed by atoms with van der Waals surface area (Å²) in [5, 5.41) is 0. The Kier molecular flexibility index (Phi) is 11.3. The van der Waals surface area contributed by atoms with Gasteiger partial charge in [-0.2, -0.15) is 0 Å². The van der Waals surface area contributed by atoms with Gasteiger partial charge in [-0.1, -0.05) is 64.1 Å². The molecule has 0 saturated carbocycles. The van der Waals surface area contributed by atoms with Crippen LogP contribution in [-0.2, 0) is 19.1 Å². The minimum Gasteiger partial charge on any atom is -0.466 e. The van der Waals surface area contributed by atoms with Crippen molar-refractivity contribution in [2.75, 3.05) is 26.3 Å². The van der Waals surface area contributed by atoms with Gasteiger partial charge in [0.2, 0.25) is 0 Å². The van der Waals surface area contributed by atoms with Gasteiger partial charge in [0.1, 0.15) is 0 Å². The number of carbonyl (C=O) groups is 4. The zero-order chi connectivity index (χ0) is 31.1. The Morgan fingerprint density at radius 1 is 0.690 bits per heavy atom. The molecule has 2 atom stereocenters. The van der Waals surface area contributed by atoms with Crippen LogP contribution >= 0.6 is 0 Å². The summed E-state index contributed by atoms with van der Waals surface area (Å²) in [6.07, 6.45) is 0.450. The quantitative estimate of drug-likeness (QED) is 0.312. The largest absolute Gasteiger partial charge is 0.466 e. The van der Waals surface area contributed by atoms with E-state index >= 15 is 0 Å². The summed E-state index contributed by atoms with van der Waals surface area (Å²) in [5.41, 5.74) is 5.36. The van der Waals surface area contributed by atoms with Crippen LogP contribution in [-0.4, -0.2) is 59.9 Å². The molecule has 0 bridgehead atoms. The van der Waals surface area contributed by atoms with Gasteiger partial charge >= 0.3 is 11.9 Å². The van der Waals surface area contributed by atoms with Crippen LogP contribution in [0, 0.1) is 25.7 Å². The molecule has 228 valence electrons. The van der Waals surface area contributed by atoms with Crippen LogP contribution in [0.15, 0.2) is 36.4 Å². The average Bonchev–Trinajstić information content (AvgIpc) is 3.32. The first-order valence-corrected chi connectivity index (χ1v) is 15.0. The molecule has 2 aliphatic rings. The molecule has 2 amide bonds. The number of nitrogens with zero attached hydrogens (tertiary/aromatic N) is 2. The van der Waals surface area contributed by atoms with Crippen molar-refractivity contribution in [3.8, 4) is 0 Å². The van der Waals surface area contributed by atoms with Gasteiger partial charge in [0.25, 0.3) is 11.8 Å². The fraction of sp³-hybridized carbons (Fsp3) is 0.529. The highest BCUT2D eigenvalue weighted by Crippen LogP contribution is 2.39. The number of carbonyl (C=O) groups excluding carboxylic acids is 4. The minimum absolute atomic E-state index is 0.0334. The number of ether oxygens (including phenoxy) is 2. The van der Waals surface area contributed by atoms with E-state index in [0.717, 1.165) is 33.4 Å². The first-order valence-electron chi connectivity index (χ1n) is 15.0. The summed E-state index contributed by atoms with van der Waals surface area (Å²) in [6.45, 7) is 17.8. The Hall–Kier alpha value is -3.68. The molecule has 2 aliphatic heterocycles. The molecule has 0 aliphatic carbocycles. The van der Waals surface area contributed by atoms with E-state index in [1.54, 1.807) is 13.8 Å². The maximum Gasteiger partial charge on any atom is 0.308 e. The maximum atomic E-state index is 12.7. The van der Waals surface area contributed by atoms with Crippen LogP contribution in [0.5, 0.6) is 0 Å². The Bertz CT molecular complexity index is 1200. The van der Waals surface area contributed by atoms with E-state index in [9.17, 15) is 19.2 Å². The second-order valence-corrected chi connectivity index (χ2v) is 11.8. The van der Waals surface area contributed by atoms with E-state index in [1.165, 1.54) is 0 Å². The number of aryl methyl sites for hydroxylation is 2. The molecule has 0 radical (unpaired) electrons. The summed E-state index contributed by atoms with van der Waals surface area (Å²) >= 11 is 0. The Morgan fingerprint density at radius 3 is 1.36 bits per heavy atom. The molecule has 0 fully saturated rings. The van der Waals surface area contributed by atoms with Gasteiger partial charge in [0.05, 0.1) is 38.1 Å². The highest BCUT2D eigenvalue weighted by molar-refractivity contribution is 6.01. The minimum atomic E-state index is -0.251. The molecule has 2 aromatic carbocycles. The third kappa shape index (κ3) is 7.39. The van der Waals surface area contributed by atoms with Gasteiger partial charge in [-0.05, 0) is 61.8 Å². The molecule has 8 nitrogen and oxygen atoms in total. The fourth-order valence-corrected chi connectivity index (χ4v) is 5.83. The van der Waals surface area contributed by atoms with Crippen molar-refractivity contribution in [3.63, 3.8) is 0 Å². The van der Waals surface area contributed by atoms with E-state index in [0.29, 0.717) is 38.1 Å². The number of amides is 2. The van der Waals surface area contributed by atoms with Crippen LogP contribution in [0.3, 0.4) is 0 Å². The Balaban J connectivity index is 0.000000230. The van der Waals surface area contributed by atoms with Crippen molar-refractivity contribution in [3.05, 3.63) is 69.8 Å². The van der Waals surface area contributed by atoms with Crippen LogP contribution in [0.1, 0.15) is 109 Å². The van der Waals surface area contributed by atoms with E-state index in [2.05, 4.69) is 27.7 Å². The molecule has 8 heteroatoms. The molecule has 4 rings (SSSR count). The van der Waals surface area contributed by atoms with E-state index in [4.69, 9.17) is 9.47 Å². The molecule has 2 unspecified atom stereocenters. The van der Waals surface area contributed by atoms with E-state index in [1.807, 2.05) is 60.0 Å². The number of fused-ring (bicyclic) bond motifs is 2. The molecule has 0 spiro atoms. The number of hydrogen-bond donors (Lipinski definition) is 0. The predicted molar refractivity (Wildman–Crippen MR) is 162 cm³/mol. The molecule has 2 aromatic rings. The van der Waals surface area contributed by atoms with Crippen molar-refractivity contribution in [1.29, 1.82) is 0 Å². The monoisotopic (exact) mass is 578 g/mol. The third-order valence-electron chi connectivity index (χ3n) is 7.48. The second kappa shape index (κ2) is 14.5. The van der Waals surface area contributed by atoms with Crippen LogP contribution < -0.4 is 0 Å². The third-order valence-corrected chi connectivity index (χ3v) is 7.48. The second-order valence-electron chi connectivity index (χ2n) is 11.8. The van der Waals surface area contributed by atoms with Crippen molar-refractivity contribution in [1.82, 2.24) is 9.80 Å². The summed E-state index contributed by atoms with van der Waals surface area (Å²) in [5.74, 6) is 0.274. The molecule has 0 aromatic heterocycles. The number of hydrogen-bond acceptors (Lipinski definition) is 6. The normalized spacial score (nSPS) is 17.3. The number of esters is 2. The first-order chi connectivity index (χ1) is 19.9. The van der Waals surface area contributed by atoms with Crippen LogP contribution in [0.4, 0.5) is 0 Å². The summed E-state index contributed by atoms with van der Waals surface area (Å²) in [4.78, 5) is 52.7. The van der Waals surface area contributed by atoms with Crippen LogP contribution in [0.25, 0.3) is 0 Å². The van der Waals surface area contributed by atoms with Gasteiger partial charge in [-0.15, -0.1) is 0 Å². The lowest BCUT2D eigenvalue weighted by molar-refractivity contribution is -0.145. The van der Waals surface area contributed by atoms with Gasteiger partial charge in [-0.25, -0.2) is 0 Å². The topological polar surface area (TPSA) is 93.2 Å². The predicted octanol–water partition coefficient (Wildman–Crippen LogP) is 6.20. The highest BCUT2D eigenvalue weighted by Gasteiger charge is 2.40. The van der Waals surface area contributed by atoms with Gasteiger partial charge < -0.3 is 19.3 Å². The Morgan fingerprint density at radius 2 is 1.05 bits per heavy atom. The van der Waals surface area contributed by atoms with Gasteiger partial charge in [0.15, 0.2) is 0 Å². The smallest absolute Gasteiger partial charge is 0.308 e. The average molecular weight is 579 g/mol. The standard InChI is InChI=1S/2C17H23NO3/c2*1-5-21-15(19)9-14-13-8-6-7-12(4)16(13)17(20)18(14)10-11(2)3/h2*6-8,11,14H,5,9-10H2,1-4H3. The first kappa shape index (κ1) is 32.8. The zero-order valence-corrected chi connectivity index (χ0v) is 26.4. The lowest BCUT2D eigenvalue weighted by Gasteiger charge is -2.26. The lowest BCUT2D eigenvalue weighted by atomic mass is 9.98.